The van der Waals surface area contributed by atoms with E-state index in [1.807, 2.05) is 30.3 Å². The van der Waals surface area contributed by atoms with E-state index in [9.17, 15) is 14.9 Å². The largest absolute Gasteiger partial charge is 0.450 e. The lowest BCUT2D eigenvalue weighted by molar-refractivity contribution is -0.380. The Bertz CT molecular complexity index is 1330. The summed E-state index contributed by atoms with van der Waals surface area (Å²) >= 11 is 2.60. The molecule has 0 spiro atoms. The zero-order valence-electron chi connectivity index (χ0n) is 22.1. The van der Waals surface area contributed by atoms with E-state index in [0.29, 0.717) is 17.7 Å². The van der Waals surface area contributed by atoms with E-state index in [-0.39, 0.29) is 16.2 Å². The molecule has 0 aliphatic carbocycles. The summed E-state index contributed by atoms with van der Waals surface area (Å²) in [6, 6.07) is 21.6. The van der Waals surface area contributed by atoms with Crippen molar-refractivity contribution in [1.82, 2.24) is 0 Å². The number of carbonyl (C=O) groups excluding carboxylic acids is 1. The first-order valence-electron chi connectivity index (χ1n) is 12.9. The predicted octanol–water partition coefficient (Wildman–Crippen LogP) is 9.56. The second-order valence-electron chi connectivity index (χ2n) is 10.3. The number of carbonyl (C=O) groups is 1. The number of nitro groups is 1. The minimum atomic E-state index is -0.452. The maximum Gasteiger partial charge on any atom is 0.324 e. The van der Waals surface area contributed by atoms with Gasteiger partial charge in [0.05, 0.1) is 9.80 Å². The minimum Gasteiger partial charge on any atom is -0.450 e. The minimum absolute atomic E-state index is 0.00235. The number of thioether (sulfide) groups is 1. The number of ether oxygens (including phenoxy) is 1. The van der Waals surface area contributed by atoms with Gasteiger partial charge in [0.1, 0.15) is 5.75 Å². The molecule has 0 atom stereocenters. The number of benzene rings is 2. The van der Waals surface area contributed by atoms with Crippen LogP contribution >= 0.6 is 23.1 Å². The fourth-order valence-electron chi connectivity index (χ4n) is 4.25. The molecule has 5 nitrogen and oxygen atoms in total. The summed E-state index contributed by atoms with van der Waals surface area (Å²) in [4.78, 5) is 24.7. The van der Waals surface area contributed by atoms with Crippen molar-refractivity contribution in [2.75, 3.05) is 0 Å². The Morgan fingerprint density at radius 1 is 1.03 bits per heavy atom. The van der Waals surface area contributed by atoms with Crippen LogP contribution in [0.1, 0.15) is 80.1 Å². The van der Waals surface area contributed by atoms with Crippen LogP contribution in [-0.4, -0.2) is 10.7 Å². The van der Waals surface area contributed by atoms with Crippen LogP contribution in [0, 0.1) is 10.1 Å². The average molecular weight is 548 g/mol. The van der Waals surface area contributed by atoms with Crippen LogP contribution in [0.25, 0.3) is 5.57 Å². The average Bonchev–Trinajstić information content (AvgIpc) is 3.38. The molecule has 0 saturated heterocycles. The van der Waals surface area contributed by atoms with Gasteiger partial charge in [-0.1, -0.05) is 92.4 Å². The van der Waals surface area contributed by atoms with Crippen LogP contribution in [0.2, 0.25) is 0 Å². The third kappa shape index (κ3) is 7.45. The zero-order chi connectivity index (χ0) is 27.1. The fraction of sp³-hybridized carbons (Fsp3) is 0.323. The highest BCUT2D eigenvalue weighted by Gasteiger charge is 2.20. The van der Waals surface area contributed by atoms with Gasteiger partial charge in [-0.25, -0.2) is 0 Å². The maximum absolute atomic E-state index is 12.6. The van der Waals surface area contributed by atoms with Gasteiger partial charge in [0.25, 0.3) is 0 Å². The second kappa shape index (κ2) is 12.6. The lowest BCUT2D eigenvalue weighted by Crippen LogP contribution is -2.10. The van der Waals surface area contributed by atoms with E-state index >= 15 is 0 Å². The fourth-order valence-corrected chi connectivity index (χ4v) is 6.21. The first kappa shape index (κ1) is 27.9. The van der Waals surface area contributed by atoms with Crippen molar-refractivity contribution in [1.29, 1.82) is 0 Å². The molecule has 4 rings (SSSR count). The molecule has 2 aromatic carbocycles. The van der Waals surface area contributed by atoms with Crippen molar-refractivity contribution >= 4 is 39.5 Å². The number of ketones is 1. The summed E-state index contributed by atoms with van der Waals surface area (Å²) in [5.41, 5.74) is 3.76. The maximum atomic E-state index is 12.6. The first-order valence-corrected chi connectivity index (χ1v) is 14.6. The van der Waals surface area contributed by atoms with Crippen LogP contribution < -0.4 is 4.74 Å². The number of Topliss-reactive ketones (excluding diaryl/α,β-unsaturated/α-hetero) is 1. The Morgan fingerprint density at radius 3 is 2.42 bits per heavy atom. The van der Waals surface area contributed by atoms with Crippen molar-refractivity contribution in [3.8, 4) is 5.75 Å². The molecule has 3 aromatic rings. The van der Waals surface area contributed by atoms with Gasteiger partial charge in [-0.3, -0.25) is 14.9 Å². The van der Waals surface area contributed by atoms with Crippen LogP contribution in [-0.2, 0) is 5.41 Å². The summed E-state index contributed by atoms with van der Waals surface area (Å²) in [5, 5.41) is 11.8. The van der Waals surface area contributed by atoms with Crippen LogP contribution in [0.3, 0.4) is 0 Å². The third-order valence-electron chi connectivity index (χ3n) is 6.40. The van der Waals surface area contributed by atoms with Crippen LogP contribution in [0.15, 0.2) is 82.8 Å². The van der Waals surface area contributed by atoms with E-state index in [1.165, 1.54) is 27.7 Å². The molecule has 1 aliphatic heterocycles. The molecule has 7 heteroatoms. The number of para-hydroxylation sites is 1. The zero-order valence-corrected chi connectivity index (χ0v) is 23.7. The summed E-state index contributed by atoms with van der Waals surface area (Å²) in [5.74, 6) is 0.753. The van der Waals surface area contributed by atoms with Gasteiger partial charge < -0.3 is 4.74 Å². The van der Waals surface area contributed by atoms with Crippen LogP contribution in [0.5, 0.6) is 5.75 Å². The number of thiophene rings is 1. The Balaban J connectivity index is 1.52. The van der Waals surface area contributed by atoms with Crippen molar-refractivity contribution in [3.63, 3.8) is 0 Å². The molecular formula is C31H33NO4S2. The van der Waals surface area contributed by atoms with Crippen LogP contribution in [0.4, 0.5) is 5.00 Å². The van der Waals surface area contributed by atoms with Crippen molar-refractivity contribution < 1.29 is 14.5 Å². The molecule has 1 aromatic heterocycles. The van der Waals surface area contributed by atoms with Gasteiger partial charge in [0.15, 0.2) is 10.9 Å². The third-order valence-corrected chi connectivity index (χ3v) is 8.63. The molecule has 0 N–H and O–H groups in total. The molecule has 0 radical (unpaired) electrons. The highest BCUT2D eigenvalue weighted by molar-refractivity contribution is 8.06. The summed E-state index contributed by atoms with van der Waals surface area (Å²) in [6.45, 7) is 6.66. The molecule has 2 heterocycles. The number of allylic oxidation sites excluding steroid dienone is 3. The summed E-state index contributed by atoms with van der Waals surface area (Å²) < 4.78 is 6.48. The Labute approximate surface area is 232 Å². The first-order chi connectivity index (χ1) is 18.2. The van der Waals surface area contributed by atoms with Gasteiger partial charge in [-0.2, -0.15) is 0 Å². The predicted molar refractivity (Wildman–Crippen MR) is 158 cm³/mol. The molecule has 0 bridgehead atoms. The van der Waals surface area contributed by atoms with Crippen molar-refractivity contribution in [3.05, 3.63) is 109 Å². The Morgan fingerprint density at radius 2 is 1.76 bits per heavy atom. The summed E-state index contributed by atoms with van der Waals surface area (Å²) in [7, 11) is 0. The standard InChI is InChI=1S/C31H33NO4S2/c1-31(2,3)23-18-16-22(17-19-23)26-14-8-7-12-25(37-30(26)36-24-10-5-4-6-11-24)13-9-15-27(33)28-20-21-29(38-28)32(34)35/h4-6,10-12,16-21H,7-9,13-15H2,1-3H3/b25-12+,30-26+. The number of hydrogen-bond donors (Lipinski definition) is 0. The quantitative estimate of drug-likeness (QED) is 0.152. The lowest BCUT2D eigenvalue weighted by Gasteiger charge is -2.22. The molecule has 198 valence electrons. The van der Waals surface area contributed by atoms with E-state index in [2.05, 4.69) is 51.1 Å². The Kier molecular flexibility index (Phi) is 9.23. The monoisotopic (exact) mass is 547 g/mol. The lowest BCUT2D eigenvalue weighted by atomic mass is 9.86. The van der Waals surface area contributed by atoms with E-state index in [4.69, 9.17) is 4.74 Å². The van der Waals surface area contributed by atoms with E-state index in [0.717, 1.165) is 47.9 Å². The van der Waals surface area contributed by atoms with Crippen molar-refractivity contribution in [2.24, 2.45) is 0 Å². The van der Waals surface area contributed by atoms with Gasteiger partial charge in [0, 0.05) is 18.1 Å². The molecule has 0 unspecified atom stereocenters. The number of nitrogens with zero attached hydrogens (tertiary/aromatic N) is 1. The molecule has 38 heavy (non-hydrogen) atoms. The topological polar surface area (TPSA) is 69.4 Å². The number of hydrogen-bond acceptors (Lipinski definition) is 6. The van der Waals surface area contributed by atoms with Gasteiger partial charge >= 0.3 is 5.00 Å². The number of rotatable bonds is 9. The molecule has 1 aliphatic rings. The molecule has 0 fully saturated rings. The molecule has 0 saturated carbocycles. The highest BCUT2D eigenvalue weighted by Crippen LogP contribution is 2.41. The smallest absolute Gasteiger partial charge is 0.324 e. The van der Waals surface area contributed by atoms with Gasteiger partial charge in [-0.15, -0.1) is 0 Å². The van der Waals surface area contributed by atoms with E-state index in [1.54, 1.807) is 17.8 Å². The Hall–Kier alpha value is -3.16. The van der Waals surface area contributed by atoms with Crippen molar-refractivity contribution in [2.45, 2.75) is 64.7 Å². The van der Waals surface area contributed by atoms with Gasteiger partial charge in [-0.05, 0) is 71.8 Å². The van der Waals surface area contributed by atoms with Gasteiger partial charge in [0.2, 0.25) is 0 Å². The summed E-state index contributed by atoms with van der Waals surface area (Å²) in [6.07, 6.45) is 6.95. The molecule has 0 amide bonds. The normalized spacial score (nSPS) is 17.7. The highest BCUT2D eigenvalue weighted by atomic mass is 32.2. The van der Waals surface area contributed by atoms with E-state index < -0.39 is 4.92 Å². The SMILES string of the molecule is CC(C)(C)c1ccc(/C2=C(\Oc3ccccc3)S/C(CCCC(=O)c3ccc([N+](=O)[O-])s3)=C/CCC2)cc1. The second-order valence-corrected chi connectivity index (χ2v) is 12.5. The molecular weight excluding hydrogens is 514 g/mol.